The van der Waals surface area contributed by atoms with Crippen LogP contribution in [-0.4, -0.2) is 38.9 Å². The number of rotatable bonds is 4. The van der Waals surface area contributed by atoms with Crippen molar-refractivity contribution in [2.24, 2.45) is 0 Å². The SMILES string of the molecule is Clc1ccc(-c2nc3ccc(-c4ccccc4)cn3c2CN2CCSCC2)cc1. The third-order valence-electron chi connectivity index (χ3n) is 5.42. The number of fused-ring (bicyclic) bond motifs is 1. The van der Waals surface area contributed by atoms with Gasteiger partial charge in [-0.05, 0) is 35.4 Å². The predicted molar refractivity (Wildman–Crippen MR) is 124 cm³/mol. The van der Waals surface area contributed by atoms with Crippen LogP contribution in [0.4, 0.5) is 0 Å². The molecule has 1 aliphatic rings. The first kappa shape index (κ1) is 18.7. The molecule has 29 heavy (non-hydrogen) atoms. The number of pyridine rings is 1. The topological polar surface area (TPSA) is 20.5 Å². The van der Waals surface area contributed by atoms with E-state index in [1.54, 1.807) is 0 Å². The largest absolute Gasteiger partial charge is 0.301 e. The van der Waals surface area contributed by atoms with Gasteiger partial charge < -0.3 is 4.40 Å². The average molecular weight is 420 g/mol. The highest BCUT2D eigenvalue weighted by atomic mass is 35.5. The second kappa shape index (κ2) is 8.23. The Morgan fingerprint density at radius 1 is 0.828 bits per heavy atom. The highest BCUT2D eigenvalue weighted by molar-refractivity contribution is 7.99. The zero-order valence-electron chi connectivity index (χ0n) is 16.1. The molecule has 2 aromatic carbocycles. The molecule has 4 aromatic rings. The lowest BCUT2D eigenvalue weighted by Gasteiger charge is -2.26. The number of aromatic nitrogens is 2. The second-order valence-corrected chi connectivity index (χ2v) is 8.98. The zero-order chi connectivity index (χ0) is 19.6. The Balaban J connectivity index is 1.64. The molecule has 0 radical (unpaired) electrons. The standard InChI is InChI=1S/C24H22ClN3S/c25-21-9-6-19(7-10-21)24-22(17-27-12-14-29-15-13-27)28-16-20(8-11-23(28)26-24)18-4-2-1-3-5-18/h1-11,16H,12-15,17H2. The van der Waals surface area contributed by atoms with Crippen LogP contribution in [0.15, 0.2) is 72.9 Å². The summed E-state index contributed by atoms with van der Waals surface area (Å²) in [5.74, 6) is 2.39. The van der Waals surface area contributed by atoms with E-state index >= 15 is 0 Å². The van der Waals surface area contributed by atoms with Crippen LogP contribution in [0.25, 0.3) is 28.0 Å². The fourth-order valence-electron chi connectivity index (χ4n) is 3.86. The molecule has 0 saturated carbocycles. The first-order chi connectivity index (χ1) is 14.3. The van der Waals surface area contributed by atoms with Crippen molar-refractivity contribution in [3.63, 3.8) is 0 Å². The van der Waals surface area contributed by atoms with Gasteiger partial charge in [0.05, 0.1) is 11.4 Å². The van der Waals surface area contributed by atoms with Crippen LogP contribution in [0, 0.1) is 0 Å². The van der Waals surface area contributed by atoms with E-state index in [0.717, 1.165) is 41.6 Å². The maximum Gasteiger partial charge on any atom is 0.137 e. The first-order valence-electron chi connectivity index (χ1n) is 9.90. The van der Waals surface area contributed by atoms with Crippen molar-refractivity contribution in [3.8, 4) is 22.4 Å². The number of thioether (sulfide) groups is 1. The van der Waals surface area contributed by atoms with Gasteiger partial charge in [-0.3, -0.25) is 4.90 Å². The molecule has 1 fully saturated rings. The molecule has 0 spiro atoms. The molecular weight excluding hydrogens is 398 g/mol. The van der Waals surface area contributed by atoms with E-state index in [9.17, 15) is 0 Å². The van der Waals surface area contributed by atoms with Crippen molar-refractivity contribution in [3.05, 3.63) is 83.6 Å². The second-order valence-electron chi connectivity index (χ2n) is 7.31. The summed E-state index contributed by atoms with van der Waals surface area (Å²) in [6, 6.07) is 22.8. The van der Waals surface area contributed by atoms with Gasteiger partial charge in [0.1, 0.15) is 5.65 Å². The number of hydrogen-bond acceptors (Lipinski definition) is 3. The molecule has 0 unspecified atom stereocenters. The van der Waals surface area contributed by atoms with Crippen molar-refractivity contribution in [1.29, 1.82) is 0 Å². The van der Waals surface area contributed by atoms with Gasteiger partial charge in [-0.1, -0.05) is 54.1 Å². The van der Waals surface area contributed by atoms with Gasteiger partial charge in [0.2, 0.25) is 0 Å². The number of nitrogens with zero attached hydrogens (tertiary/aromatic N) is 3. The van der Waals surface area contributed by atoms with E-state index in [1.807, 2.05) is 23.9 Å². The Hall–Kier alpha value is -2.27. The van der Waals surface area contributed by atoms with Gasteiger partial charge >= 0.3 is 0 Å². The summed E-state index contributed by atoms with van der Waals surface area (Å²) in [7, 11) is 0. The third-order valence-corrected chi connectivity index (χ3v) is 6.61. The molecule has 1 aliphatic heterocycles. The highest BCUT2D eigenvalue weighted by Crippen LogP contribution is 2.29. The Morgan fingerprint density at radius 3 is 2.31 bits per heavy atom. The molecule has 5 heteroatoms. The molecule has 0 aliphatic carbocycles. The highest BCUT2D eigenvalue weighted by Gasteiger charge is 2.19. The Bertz CT molecular complexity index is 1120. The van der Waals surface area contributed by atoms with Gasteiger partial charge in [0.15, 0.2) is 0 Å². The van der Waals surface area contributed by atoms with E-state index in [0.29, 0.717) is 0 Å². The number of hydrogen-bond donors (Lipinski definition) is 0. The van der Waals surface area contributed by atoms with Gasteiger partial charge in [-0.15, -0.1) is 0 Å². The molecule has 0 amide bonds. The minimum Gasteiger partial charge on any atom is -0.301 e. The molecule has 3 heterocycles. The maximum absolute atomic E-state index is 6.13. The first-order valence-corrected chi connectivity index (χ1v) is 11.4. The van der Waals surface area contributed by atoms with Gasteiger partial charge in [-0.2, -0.15) is 11.8 Å². The Kier molecular flexibility index (Phi) is 5.32. The van der Waals surface area contributed by atoms with Crippen molar-refractivity contribution in [2.45, 2.75) is 6.54 Å². The van der Waals surface area contributed by atoms with Crippen LogP contribution in [0.2, 0.25) is 5.02 Å². The van der Waals surface area contributed by atoms with Crippen LogP contribution in [0.1, 0.15) is 5.69 Å². The summed E-state index contributed by atoms with van der Waals surface area (Å²) >= 11 is 8.16. The number of benzene rings is 2. The molecule has 0 N–H and O–H groups in total. The minimum absolute atomic E-state index is 0.749. The number of halogens is 1. The van der Waals surface area contributed by atoms with E-state index < -0.39 is 0 Å². The summed E-state index contributed by atoms with van der Waals surface area (Å²) in [5.41, 5.74) is 6.80. The predicted octanol–water partition coefficient (Wildman–Crippen LogP) is 5.87. The number of imidazole rings is 1. The summed E-state index contributed by atoms with van der Waals surface area (Å²) in [6.07, 6.45) is 2.23. The van der Waals surface area contributed by atoms with Crippen LogP contribution >= 0.6 is 23.4 Å². The van der Waals surface area contributed by atoms with E-state index in [4.69, 9.17) is 16.6 Å². The summed E-state index contributed by atoms with van der Waals surface area (Å²) in [5, 5.41) is 0.749. The molecule has 0 bridgehead atoms. The fourth-order valence-corrected chi connectivity index (χ4v) is 4.96. The van der Waals surface area contributed by atoms with Gasteiger partial charge in [0, 0.05) is 47.9 Å². The lowest BCUT2D eigenvalue weighted by molar-refractivity contribution is 0.291. The molecule has 0 atom stereocenters. The van der Waals surface area contributed by atoms with Gasteiger partial charge in [0.25, 0.3) is 0 Å². The zero-order valence-corrected chi connectivity index (χ0v) is 17.7. The Morgan fingerprint density at radius 2 is 1.55 bits per heavy atom. The third kappa shape index (κ3) is 3.93. The smallest absolute Gasteiger partial charge is 0.137 e. The van der Waals surface area contributed by atoms with Crippen molar-refractivity contribution in [1.82, 2.24) is 14.3 Å². The molecule has 146 valence electrons. The lowest BCUT2D eigenvalue weighted by atomic mass is 10.1. The van der Waals surface area contributed by atoms with Gasteiger partial charge in [-0.25, -0.2) is 4.98 Å². The molecule has 5 rings (SSSR count). The Labute approximate surface area is 180 Å². The molecule has 1 saturated heterocycles. The molecule has 2 aromatic heterocycles. The maximum atomic E-state index is 6.13. The summed E-state index contributed by atoms with van der Waals surface area (Å²) in [6.45, 7) is 3.14. The van der Waals surface area contributed by atoms with Crippen LogP contribution in [0.5, 0.6) is 0 Å². The van der Waals surface area contributed by atoms with E-state index in [2.05, 4.69) is 70.1 Å². The van der Waals surface area contributed by atoms with Crippen molar-refractivity contribution >= 4 is 29.0 Å². The normalized spacial score (nSPS) is 15.1. The van der Waals surface area contributed by atoms with Crippen LogP contribution < -0.4 is 0 Å². The van der Waals surface area contributed by atoms with E-state index in [1.165, 1.54) is 28.3 Å². The quantitative estimate of drug-likeness (QED) is 0.412. The fraction of sp³-hybridized carbons (Fsp3) is 0.208. The average Bonchev–Trinajstić information content (AvgIpc) is 3.13. The van der Waals surface area contributed by atoms with Crippen molar-refractivity contribution < 1.29 is 0 Å². The lowest BCUT2D eigenvalue weighted by Crippen LogP contribution is -2.32. The molecule has 3 nitrogen and oxygen atoms in total. The van der Waals surface area contributed by atoms with Crippen LogP contribution in [-0.2, 0) is 6.54 Å². The monoisotopic (exact) mass is 419 g/mol. The van der Waals surface area contributed by atoms with Crippen molar-refractivity contribution in [2.75, 3.05) is 24.6 Å². The van der Waals surface area contributed by atoms with Crippen LogP contribution in [0.3, 0.4) is 0 Å². The minimum atomic E-state index is 0.749. The van der Waals surface area contributed by atoms with E-state index in [-0.39, 0.29) is 0 Å². The summed E-state index contributed by atoms with van der Waals surface area (Å²) in [4.78, 5) is 7.54. The molecular formula is C24H22ClN3S. The summed E-state index contributed by atoms with van der Waals surface area (Å²) < 4.78 is 2.27.